The van der Waals surface area contributed by atoms with Gasteiger partial charge in [-0.3, -0.25) is 9.69 Å². The molecule has 0 N–H and O–H groups in total. The largest absolute Gasteiger partial charge is 0.464 e. The molecular formula is C14H16ClNO3. The Morgan fingerprint density at radius 3 is 2.89 bits per heavy atom. The van der Waals surface area contributed by atoms with Crippen molar-refractivity contribution < 1.29 is 14.3 Å². The fraction of sp³-hybridized carbons (Fsp3) is 0.429. The smallest absolute Gasteiger partial charge is 0.329 e. The normalized spacial score (nSPS) is 19.4. The number of ether oxygens (including phenoxy) is 1. The molecule has 0 aromatic heterocycles. The summed E-state index contributed by atoms with van der Waals surface area (Å²) in [6.07, 6.45) is 1.74. The van der Waals surface area contributed by atoms with Gasteiger partial charge >= 0.3 is 5.97 Å². The van der Waals surface area contributed by atoms with Gasteiger partial charge < -0.3 is 4.74 Å². The number of halogens is 1. The SMILES string of the molecule is CCOC(=O)C1CCCC(=O)N1c1ccccc1Cl. The minimum Gasteiger partial charge on any atom is -0.464 e. The zero-order valence-corrected chi connectivity index (χ0v) is 11.5. The topological polar surface area (TPSA) is 46.6 Å². The van der Waals surface area contributed by atoms with E-state index in [1.165, 1.54) is 4.90 Å². The summed E-state index contributed by atoms with van der Waals surface area (Å²) in [5, 5.41) is 0.465. The monoisotopic (exact) mass is 281 g/mol. The van der Waals surface area contributed by atoms with E-state index in [0.717, 1.165) is 0 Å². The number of esters is 1. The average Bonchev–Trinajstić information content (AvgIpc) is 2.40. The first kappa shape index (κ1) is 13.9. The highest BCUT2D eigenvalue weighted by atomic mass is 35.5. The van der Waals surface area contributed by atoms with Crippen molar-refractivity contribution in [2.24, 2.45) is 0 Å². The van der Waals surface area contributed by atoms with E-state index in [2.05, 4.69) is 0 Å². The number of para-hydroxylation sites is 1. The van der Waals surface area contributed by atoms with Gasteiger partial charge in [0.05, 0.1) is 17.3 Å². The molecule has 2 rings (SSSR count). The molecule has 1 aromatic rings. The van der Waals surface area contributed by atoms with Crippen LogP contribution in [-0.4, -0.2) is 24.5 Å². The van der Waals surface area contributed by atoms with Crippen LogP contribution in [0, 0.1) is 0 Å². The summed E-state index contributed by atoms with van der Waals surface area (Å²) in [5.74, 6) is -0.451. The zero-order valence-electron chi connectivity index (χ0n) is 10.8. The standard InChI is InChI=1S/C14H16ClNO3/c1-2-19-14(18)12-8-5-9-13(17)16(12)11-7-4-3-6-10(11)15/h3-4,6-7,12H,2,5,8-9H2,1H3. The predicted octanol–water partition coefficient (Wildman–Crippen LogP) is 2.79. The van der Waals surface area contributed by atoms with E-state index >= 15 is 0 Å². The van der Waals surface area contributed by atoms with E-state index in [4.69, 9.17) is 16.3 Å². The van der Waals surface area contributed by atoms with Crippen LogP contribution in [0.4, 0.5) is 5.69 Å². The quantitative estimate of drug-likeness (QED) is 0.801. The van der Waals surface area contributed by atoms with Gasteiger partial charge in [0.1, 0.15) is 6.04 Å². The first-order valence-electron chi connectivity index (χ1n) is 6.38. The number of carbonyl (C=O) groups excluding carboxylic acids is 2. The molecular weight excluding hydrogens is 266 g/mol. The Bertz CT molecular complexity index is 489. The van der Waals surface area contributed by atoms with Gasteiger partial charge in [-0.15, -0.1) is 0 Å². The maximum Gasteiger partial charge on any atom is 0.329 e. The van der Waals surface area contributed by atoms with Crippen molar-refractivity contribution in [2.75, 3.05) is 11.5 Å². The minimum atomic E-state index is -0.568. The predicted molar refractivity (Wildman–Crippen MR) is 73.2 cm³/mol. The molecule has 1 unspecified atom stereocenters. The van der Waals surface area contributed by atoms with Crippen molar-refractivity contribution in [2.45, 2.75) is 32.2 Å². The lowest BCUT2D eigenvalue weighted by molar-refractivity contribution is -0.146. The third-order valence-electron chi connectivity index (χ3n) is 3.12. The number of carbonyl (C=O) groups is 2. The molecule has 1 fully saturated rings. The summed E-state index contributed by atoms with van der Waals surface area (Å²) in [7, 11) is 0. The van der Waals surface area contributed by atoms with Crippen LogP contribution in [-0.2, 0) is 14.3 Å². The first-order valence-corrected chi connectivity index (χ1v) is 6.76. The van der Waals surface area contributed by atoms with Crippen LogP contribution < -0.4 is 4.90 Å². The molecule has 1 heterocycles. The number of anilines is 1. The number of hydrogen-bond acceptors (Lipinski definition) is 3. The van der Waals surface area contributed by atoms with Gasteiger partial charge in [0.15, 0.2) is 0 Å². The fourth-order valence-electron chi connectivity index (χ4n) is 2.28. The Balaban J connectivity index is 2.34. The van der Waals surface area contributed by atoms with Crippen molar-refractivity contribution >= 4 is 29.2 Å². The van der Waals surface area contributed by atoms with Gasteiger partial charge in [-0.1, -0.05) is 23.7 Å². The van der Waals surface area contributed by atoms with Crippen molar-refractivity contribution in [3.8, 4) is 0 Å². The molecule has 0 radical (unpaired) electrons. The Labute approximate surface area is 117 Å². The number of rotatable bonds is 3. The summed E-state index contributed by atoms with van der Waals surface area (Å²) >= 11 is 6.12. The number of hydrogen-bond donors (Lipinski definition) is 0. The molecule has 1 saturated heterocycles. The first-order chi connectivity index (χ1) is 9.15. The Kier molecular flexibility index (Phi) is 4.43. The molecule has 0 bridgehead atoms. The number of amides is 1. The van der Waals surface area contributed by atoms with Crippen LogP contribution in [0.5, 0.6) is 0 Å². The van der Waals surface area contributed by atoms with E-state index in [0.29, 0.717) is 36.6 Å². The Morgan fingerprint density at radius 1 is 1.47 bits per heavy atom. The third-order valence-corrected chi connectivity index (χ3v) is 3.44. The second-order valence-electron chi connectivity index (χ2n) is 4.38. The highest BCUT2D eigenvalue weighted by molar-refractivity contribution is 6.34. The maximum atomic E-state index is 12.1. The molecule has 102 valence electrons. The average molecular weight is 282 g/mol. The molecule has 0 saturated carbocycles. The highest BCUT2D eigenvalue weighted by Crippen LogP contribution is 2.32. The molecule has 4 nitrogen and oxygen atoms in total. The van der Waals surface area contributed by atoms with Gasteiger partial charge in [-0.05, 0) is 31.9 Å². The van der Waals surface area contributed by atoms with Gasteiger partial charge in [0, 0.05) is 6.42 Å². The summed E-state index contributed by atoms with van der Waals surface area (Å²) in [5.41, 5.74) is 0.576. The van der Waals surface area contributed by atoms with Gasteiger partial charge in [0.25, 0.3) is 0 Å². The highest BCUT2D eigenvalue weighted by Gasteiger charge is 2.36. The zero-order chi connectivity index (χ0) is 13.8. The van der Waals surface area contributed by atoms with E-state index in [1.807, 2.05) is 0 Å². The second kappa shape index (κ2) is 6.06. The van der Waals surface area contributed by atoms with Crippen molar-refractivity contribution in [3.63, 3.8) is 0 Å². The van der Waals surface area contributed by atoms with E-state index in [1.54, 1.807) is 31.2 Å². The molecule has 1 aliphatic heterocycles. The molecule has 1 aromatic carbocycles. The van der Waals surface area contributed by atoms with Crippen LogP contribution in [0.3, 0.4) is 0 Å². The summed E-state index contributed by atoms with van der Waals surface area (Å²) in [4.78, 5) is 25.6. The van der Waals surface area contributed by atoms with E-state index < -0.39 is 6.04 Å². The van der Waals surface area contributed by atoms with E-state index in [-0.39, 0.29) is 11.9 Å². The molecule has 1 aliphatic rings. The molecule has 1 amide bonds. The van der Waals surface area contributed by atoms with Crippen LogP contribution in [0.25, 0.3) is 0 Å². The van der Waals surface area contributed by atoms with E-state index in [9.17, 15) is 9.59 Å². The Hall–Kier alpha value is -1.55. The molecule has 5 heteroatoms. The molecule has 19 heavy (non-hydrogen) atoms. The summed E-state index contributed by atoms with van der Waals surface area (Å²) in [6, 6.07) is 6.48. The second-order valence-corrected chi connectivity index (χ2v) is 4.78. The number of nitrogens with zero attached hydrogens (tertiary/aromatic N) is 1. The van der Waals surface area contributed by atoms with Gasteiger partial charge in [-0.2, -0.15) is 0 Å². The number of benzene rings is 1. The van der Waals surface area contributed by atoms with Crippen molar-refractivity contribution in [1.29, 1.82) is 0 Å². The lowest BCUT2D eigenvalue weighted by Crippen LogP contribution is -2.49. The third kappa shape index (κ3) is 2.89. The lowest BCUT2D eigenvalue weighted by atomic mass is 10.0. The lowest BCUT2D eigenvalue weighted by Gasteiger charge is -2.34. The summed E-state index contributed by atoms with van der Waals surface area (Å²) < 4.78 is 5.05. The van der Waals surface area contributed by atoms with Gasteiger partial charge in [0.2, 0.25) is 5.91 Å². The maximum absolute atomic E-state index is 12.1. The van der Waals surface area contributed by atoms with Crippen molar-refractivity contribution in [1.82, 2.24) is 0 Å². The molecule has 0 aliphatic carbocycles. The van der Waals surface area contributed by atoms with Crippen LogP contribution in [0.2, 0.25) is 5.02 Å². The fourth-order valence-corrected chi connectivity index (χ4v) is 2.51. The Morgan fingerprint density at radius 2 is 2.21 bits per heavy atom. The molecule has 1 atom stereocenters. The summed E-state index contributed by atoms with van der Waals surface area (Å²) in [6.45, 7) is 2.06. The van der Waals surface area contributed by atoms with Gasteiger partial charge in [-0.25, -0.2) is 4.79 Å². The van der Waals surface area contributed by atoms with Crippen LogP contribution >= 0.6 is 11.6 Å². The van der Waals surface area contributed by atoms with Crippen molar-refractivity contribution in [3.05, 3.63) is 29.3 Å². The minimum absolute atomic E-state index is 0.0857. The molecule has 0 spiro atoms. The number of piperidine rings is 1. The van der Waals surface area contributed by atoms with Crippen LogP contribution in [0.15, 0.2) is 24.3 Å². The van der Waals surface area contributed by atoms with Crippen LogP contribution in [0.1, 0.15) is 26.2 Å².